The molecule has 0 aliphatic heterocycles. The van der Waals surface area contributed by atoms with Crippen molar-refractivity contribution in [2.45, 2.75) is 19.6 Å². The Kier molecular flexibility index (Phi) is 4.67. The molecular weight excluding hydrogens is 214 g/mol. The molecule has 6 heteroatoms. The minimum atomic E-state index is -0.579. The SMILES string of the molecule is COC(CN)C(=O)NCc1csc(C)n1. The van der Waals surface area contributed by atoms with Gasteiger partial charge in [-0.05, 0) is 6.92 Å². The van der Waals surface area contributed by atoms with Crippen molar-refractivity contribution in [3.63, 3.8) is 0 Å². The van der Waals surface area contributed by atoms with Crippen molar-refractivity contribution in [2.24, 2.45) is 5.73 Å². The van der Waals surface area contributed by atoms with Crippen molar-refractivity contribution >= 4 is 17.2 Å². The van der Waals surface area contributed by atoms with Gasteiger partial charge < -0.3 is 15.8 Å². The Balaban J connectivity index is 2.40. The second kappa shape index (κ2) is 5.79. The molecule has 1 atom stereocenters. The Morgan fingerprint density at radius 2 is 2.53 bits per heavy atom. The number of thiazole rings is 1. The third-order valence-electron chi connectivity index (χ3n) is 1.90. The molecule has 84 valence electrons. The number of carbonyl (C=O) groups is 1. The molecule has 1 amide bonds. The highest BCUT2D eigenvalue weighted by molar-refractivity contribution is 7.09. The van der Waals surface area contributed by atoms with E-state index in [9.17, 15) is 4.79 Å². The number of hydrogen-bond acceptors (Lipinski definition) is 5. The summed E-state index contributed by atoms with van der Waals surface area (Å²) in [6.07, 6.45) is -0.579. The van der Waals surface area contributed by atoms with Crippen LogP contribution in [-0.4, -0.2) is 30.6 Å². The molecule has 0 aromatic carbocycles. The Morgan fingerprint density at radius 1 is 1.80 bits per heavy atom. The van der Waals surface area contributed by atoms with E-state index < -0.39 is 6.10 Å². The summed E-state index contributed by atoms with van der Waals surface area (Å²) >= 11 is 1.56. The van der Waals surface area contributed by atoms with Crippen LogP contribution in [0.25, 0.3) is 0 Å². The predicted octanol–water partition coefficient (Wildman–Crippen LogP) is 0.0414. The number of aryl methyl sites for hydroxylation is 1. The lowest BCUT2D eigenvalue weighted by Crippen LogP contribution is -2.40. The first-order valence-corrected chi connectivity index (χ1v) is 5.47. The molecule has 3 N–H and O–H groups in total. The number of rotatable bonds is 5. The van der Waals surface area contributed by atoms with E-state index >= 15 is 0 Å². The fraction of sp³-hybridized carbons (Fsp3) is 0.556. The van der Waals surface area contributed by atoms with Crippen LogP contribution < -0.4 is 11.1 Å². The maximum Gasteiger partial charge on any atom is 0.250 e. The zero-order valence-corrected chi connectivity index (χ0v) is 9.63. The van der Waals surface area contributed by atoms with E-state index in [2.05, 4.69) is 10.3 Å². The predicted molar refractivity (Wildman–Crippen MR) is 58.5 cm³/mol. The minimum Gasteiger partial charge on any atom is -0.370 e. The van der Waals surface area contributed by atoms with Crippen LogP contribution in [0.5, 0.6) is 0 Å². The van der Waals surface area contributed by atoms with Crippen molar-refractivity contribution < 1.29 is 9.53 Å². The van der Waals surface area contributed by atoms with E-state index in [1.807, 2.05) is 12.3 Å². The molecule has 1 aromatic heterocycles. The second-order valence-corrected chi connectivity index (χ2v) is 4.10. The molecule has 0 saturated carbocycles. The van der Waals surface area contributed by atoms with Gasteiger partial charge in [-0.15, -0.1) is 11.3 Å². The average molecular weight is 229 g/mol. The van der Waals surface area contributed by atoms with Crippen LogP contribution in [0.3, 0.4) is 0 Å². The molecule has 0 radical (unpaired) electrons. The summed E-state index contributed by atoms with van der Waals surface area (Å²) in [5.74, 6) is -0.203. The first kappa shape index (κ1) is 12.1. The normalized spacial score (nSPS) is 12.5. The Hall–Kier alpha value is -0.980. The summed E-state index contributed by atoms with van der Waals surface area (Å²) < 4.78 is 4.90. The summed E-state index contributed by atoms with van der Waals surface area (Å²) in [7, 11) is 1.46. The molecule has 1 rings (SSSR count). The van der Waals surface area contributed by atoms with Crippen LogP contribution in [0.4, 0.5) is 0 Å². The molecule has 0 saturated heterocycles. The van der Waals surface area contributed by atoms with Crippen LogP contribution in [0.2, 0.25) is 0 Å². The zero-order chi connectivity index (χ0) is 11.3. The number of nitrogens with zero attached hydrogens (tertiary/aromatic N) is 1. The number of hydrogen-bond donors (Lipinski definition) is 2. The van der Waals surface area contributed by atoms with Gasteiger partial charge in [0.2, 0.25) is 0 Å². The third-order valence-corrected chi connectivity index (χ3v) is 2.72. The van der Waals surface area contributed by atoms with Gasteiger partial charge >= 0.3 is 0 Å². The fourth-order valence-corrected chi connectivity index (χ4v) is 1.70. The lowest BCUT2D eigenvalue weighted by molar-refractivity contribution is -0.130. The van der Waals surface area contributed by atoms with Crippen molar-refractivity contribution in [1.82, 2.24) is 10.3 Å². The average Bonchev–Trinajstić information content (AvgIpc) is 2.63. The van der Waals surface area contributed by atoms with E-state index in [1.165, 1.54) is 7.11 Å². The van der Waals surface area contributed by atoms with Gasteiger partial charge in [0, 0.05) is 19.0 Å². The Morgan fingerprint density at radius 3 is 3.00 bits per heavy atom. The van der Waals surface area contributed by atoms with Crippen LogP contribution in [0.1, 0.15) is 10.7 Å². The van der Waals surface area contributed by atoms with Crippen LogP contribution in [0.15, 0.2) is 5.38 Å². The highest BCUT2D eigenvalue weighted by Crippen LogP contribution is 2.07. The van der Waals surface area contributed by atoms with Gasteiger partial charge in [-0.2, -0.15) is 0 Å². The first-order valence-electron chi connectivity index (χ1n) is 4.59. The number of aromatic nitrogens is 1. The molecule has 0 spiro atoms. The van der Waals surface area contributed by atoms with Crippen LogP contribution in [0, 0.1) is 6.92 Å². The molecule has 5 nitrogen and oxygen atoms in total. The molecule has 15 heavy (non-hydrogen) atoms. The van der Waals surface area contributed by atoms with Gasteiger partial charge in [-0.3, -0.25) is 4.79 Å². The van der Waals surface area contributed by atoms with Gasteiger partial charge in [-0.1, -0.05) is 0 Å². The smallest absolute Gasteiger partial charge is 0.250 e. The molecule has 0 aliphatic carbocycles. The van der Waals surface area contributed by atoms with Gasteiger partial charge in [-0.25, -0.2) is 4.98 Å². The van der Waals surface area contributed by atoms with Crippen molar-refractivity contribution in [1.29, 1.82) is 0 Å². The first-order chi connectivity index (χ1) is 7.17. The summed E-state index contributed by atoms with van der Waals surface area (Å²) in [4.78, 5) is 15.7. The minimum absolute atomic E-state index is 0.179. The van der Waals surface area contributed by atoms with E-state index in [0.29, 0.717) is 6.54 Å². The summed E-state index contributed by atoms with van der Waals surface area (Å²) in [5.41, 5.74) is 6.22. The highest BCUT2D eigenvalue weighted by atomic mass is 32.1. The standard InChI is InChI=1S/C9H15N3O2S/c1-6-12-7(5-15-6)4-11-9(13)8(3-10)14-2/h5,8H,3-4,10H2,1-2H3,(H,11,13). The van der Waals surface area contributed by atoms with Crippen LogP contribution >= 0.6 is 11.3 Å². The fourth-order valence-electron chi connectivity index (χ4n) is 1.09. The van der Waals surface area contributed by atoms with Gasteiger partial charge in [0.25, 0.3) is 5.91 Å². The maximum absolute atomic E-state index is 11.4. The highest BCUT2D eigenvalue weighted by Gasteiger charge is 2.15. The number of carbonyl (C=O) groups excluding carboxylic acids is 1. The summed E-state index contributed by atoms with van der Waals surface area (Å²) in [5, 5.41) is 5.62. The number of methoxy groups -OCH3 is 1. The van der Waals surface area contributed by atoms with Crippen molar-refractivity contribution in [3.8, 4) is 0 Å². The maximum atomic E-state index is 11.4. The largest absolute Gasteiger partial charge is 0.370 e. The number of nitrogens with two attached hydrogens (primary N) is 1. The Labute approximate surface area is 92.6 Å². The molecule has 0 aliphatic rings. The molecular formula is C9H15N3O2S. The van der Waals surface area contributed by atoms with Gasteiger partial charge in [0.05, 0.1) is 17.2 Å². The lowest BCUT2D eigenvalue weighted by Gasteiger charge is -2.11. The lowest BCUT2D eigenvalue weighted by atomic mass is 10.3. The number of nitrogens with one attached hydrogen (secondary N) is 1. The zero-order valence-electron chi connectivity index (χ0n) is 8.82. The van der Waals surface area contributed by atoms with Crippen molar-refractivity contribution in [2.75, 3.05) is 13.7 Å². The van der Waals surface area contributed by atoms with E-state index in [-0.39, 0.29) is 12.5 Å². The molecule has 0 fully saturated rings. The number of amides is 1. The summed E-state index contributed by atoms with van der Waals surface area (Å²) in [6, 6.07) is 0. The molecule has 0 bridgehead atoms. The molecule has 1 unspecified atom stereocenters. The molecule has 1 aromatic rings. The molecule has 1 heterocycles. The second-order valence-electron chi connectivity index (χ2n) is 3.04. The van der Waals surface area contributed by atoms with Gasteiger partial charge in [0.1, 0.15) is 6.10 Å². The van der Waals surface area contributed by atoms with E-state index in [4.69, 9.17) is 10.5 Å². The van der Waals surface area contributed by atoms with Gasteiger partial charge in [0.15, 0.2) is 0 Å². The number of ether oxygens (including phenoxy) is 1. The quantitative estimate of drug-likeness (QED) is 0.747. The van der Waals surface area contributed by atoms with Crippen LogP contribution in [-0.2, 0) is 16.1 Å². The monoisotopic (exact) mass is 229 g/mol. The van der Waals surface area contributed by atoms with E-state index in [1.54, 1.807) is 11.3 Å². The Bertz CT molecular complexity index is 323. The summed E-state index contributed by atoms with van der Waals surface area (Å²) in [6.45, 7) is 2.52. The van der Waals surface area contributed by atoms with Crippen molar-refractivity contribution in [3.05, 3.63) is 16.1 Å². The van der Waals surface area contributed by atoms with E-state index in [0.717, 1.165) is 10.7 Å². The topological polar surface area (TPSA) is 77.2 Å². The third kappa shape index (κ3) is 3.58.